The summed E-state index contributed by atoms with van der Waals surface area (Å²) in [5.74, 6) is -2.94. The second-order valence-electron chi connectivity index (χ2n) is 18.4. The van der Waals surface area contributed by atoms with E-state index in [-0.39, 0.29) is 28.2 Å². The van der Waals surface area contributed by atoms with Crippen LogP contribution in [0.3, 0.4) is 0 Å². The number of halogens is 3. The van der Waals surface area contributed by atoms with Gasteiger partial charge in [-0.1, -0.05) is 60.7 Å². The normalized spacial score (nSPS) is 11.0. The monoisotopic (exact) mass is 1070 g/mol. The highest BCUT2D eigenvalue weighted by atomic mass is 19.1. The maximum atomic E-state index is 13.5. The van der Waals surface area contributed by atoms with Gasteiger partial charge < -0.3 is 31.3 Å². The number of aromatic carboxylic acids is 3. The third-order valence-corrected chi connectivity index (χ3v) is 13.0. The lowest BCUT2D eigenvalue weighted by molar-refractivity contribution is 0.0686. The van der Waals surface area contributed by atoms with Crippen LogP contribution < -0.4 is 16.0 Å². The fourth-order valence-electron chi connectivity index (χ4n) is 9.23. The molecule has 6 aromatic carbocycles. The number of carboxylic acid groups (broad SMARTS) is 3. The summed E-state index contributed by atoms with van der Waals surface area (Å²) in [6.07, 6.45) is 12.8. The second-order valence-corrected chi connectivity index (χ2v) is 18.4. The van der Waals surface area contributed by atoms with Gasteiger partial charge in [0.25, 0.3) is 0 Å². The Labute approximate surface area is 453 Å². The molecule has 0 unspecified atom stereocenters. The summed E-state index contributed by atoms with van der Waals surface area (Å²) in [5, 5.41) is 44.9. The SMILES string of the molecule is O=C(O)c1ccc2c(c1)nc(NCCCc1ccccc1)c1ccncc12.O=C(O)c1ccc2c(c1)nc(NCCc1cccc(F)c1)c1ccncc12.O=C(O)c1ccc2c(c1)nc(Nc1cc(F)cc(F)c1)c1ccncc12. The molecule has 15 nitrogen and oxygen atoms in total. The third-order valence-electron chi connectivity index (χ3n) is 13.0. The number of pyridine rings is 6. The molecule has 0 aliphatic rings. The number of hydrogen-bond donors (Lipinski definition) is 6. The van der Waals surface area contributed by atoms with Crippen molar-refractivity contribution in [2.24, 2.45) is 0 Å². The summed E-state index contributed by atoms with van der Waals surface area (Å²) >= 11 is 0. The summed E-state index contributed by atoms with van der Waals surface area (Å²) in [6, 6.07) is 40.0. The largest absolute Gasteiger partial charge is 0.478 e. The van der Waals surface area contributed by atoms with Gasteiger partial charge in [-0.15, -0.1) is 0 Å². The minimum absolute atomic E-state index is 0.0935. The Morgan fingerprint density at radius 1 is 0.400 bits per heavy atom. The van der Waals surface area contributed by atoms with E-state index in [0.717, 1.165) is 92.1 Å². The maximum Gasteiger partial charge on any atom is 0.335 e. The average molecular weight is 1070 g/mol. The summed E-state index contributed by atoms with van der Waals surface area (Å²) < 4.78 is 40.2. The minimum Gasteiger partial charge on any atom is -0.478 e. The first-order valence-electron chi connectivity index (χ1n) is 25.1. The predicted molar refractivity (Wildman–Crippen MR) is 303 cm³/mol. The molecule has 0 aliphatic heterocycles. The fraction of sp³-hybridized carbons (Fsp3) is 0.0806. The number of nitrogens with one attached hydrogen (secondary N) is 3. The van der Waals surface area contributed by atoms with Crippen LogP contribution >= 0.6 is 0 Å². The van der Waals surface area contributed by atoms with Gasteiger partial charge in [-0.05, 0) is 109 Å². The fourth-order valence-corrected chi connectivity index (χ4v) is 9.23. The van der Waals surface area contributed by atoms with Crippen molar-refractivity contribution in [1.82, 2.24) is 29.9 Å². The van der Waals surface area contributed by atoms with E-state index in [1.807, 2.05) is 36.4 Å². The van der Waals surface area contributed by atoms with Gasteiger partial charge in [0.1, 0.15) is 34.9 Å². The number of aryl methyl sites for hydroxylation is 1. The van der Waals surface area contributed by atoms with Gasteiger partial charge in [-0.2, -0.15) is 0 Å². The van der Waals surface area contributed by atoms with Crippen molar-refractivity contribution in [2.45, 2.75) is 19.3 Å². The molecular weight excluding hydrogens is 1020 g/mol. The van der Waals surface area contributed by atoms with Gasteiger partial charge >= 0.3 is 17.9 Å². The summed E-state index contributed by atoms with van der Waals surface area (Å²) in [4.78, 5) is 60.0. The number of hydrogen-bond acceptors (Lipinski definition) is 12. The Balaban J connectivity index is 0.000000135. The average Bonchev–Trinajstić information content (AvgIpc) is 3.46. The van der Waals surface area contributed by atoms with Crippen molar-refractivity contribution in [3.8, 4) is 0 Å². The van der Waals surface area contributed by atoms with E-state index in [2.05, 4.69) is 58.0 Å². The molecule has 6 N–H and O–H groups in total. The molecule has 6 aromatic heterocycles. The van der Waals surface area contributed by atoms with E-state index in [0.29, 0.717) is 46.5 Å². The summed E-state index contributed by atoms with van der Waals surface area (Å²) in [5.41, 5.74) is 4.58. The first-order valence-corrected chi connectivity index (χ1v) is 25.1. The molecule has 0 amide bonds. The van der Waals surface area contributed by atoms with Crippen LogP contribution in [0, 0.1) is 17.5 Å². The van der Waals surface area contributed by atoms with Crippen LogP contribution in [0.15, 0.2) is 183 Å². The molecular formula is C62H46F3N9O6. The highest BCUT2D eigenvalue weighted by Crippen LogP contribution is 2.33. The number of fused-ring (bicyclic) bond motifs is 9. The molecule has 0 fully saturated rings. The number of aromatic nitrogens is 6. The lowest BCUT2D eigenvalue weighted by atomic mass is 10.1. The van der Waals surface area contributed by atoms with Crippen LogP contribution in [0.5, 0.6) is 0 Å². The lowest BCUT2D eigenvalue weighted by Crippen LogP contribution is -2.07. The van der Waals surface area contributed by atoms with Crippen LogP contribution in [-0.2, 0) is 12.8 Å². The van der Waals surface area contributed by atoms with Gasteiger partial charge in [0.15, 0.2) is 0 Å². The third kappa shape index (κ3) is 12.1. The second kappa shape index (κ2) is 23.7. The van der Waals surface area contributed by atoms with Crippen molar-refractivity contribution in [3.05, 3.63) is 228 Å². The Morgan fingerprint density at radius 2 is 0.850 bits per heavy atom. The highest BCUT2D eigenvalue weighted by molar-refractivity contribution is 6.13. The minimum atomic E-state index is -1.07. The molecule has 80 heavy (non-hydrogen) atoms. The molecule has 0 saturated carbocycles. The Hall–Kier alpha value is -10.6. The number of benzene rings is 6. The molecule has 396 valence electrons. The van der Waals surface area contributed by atoms with Gasteiger partial charge in [0.05, 0.1) is 33.2 Å². The van der Waals surface area contributed by atoms with E-state index in [9.17, 15) is 42.9 Å². The zero-order chi connectivity index (χ0) is 55.7. The smallest absolute Gasteiger partial charge is 0.335 e. The molecule has 0 saturated heterocycles. The zero-order valence-electron chi connectivity index (χ0n) is 42.2. The van der Waals surface area contributed by atoms with E-state index >= 15 is 0 Å². The summed E-state index contributed by atoms with van der Waals surface area (Å²) in [7, 11) is 0. The van der Waals surface area contributed by atoms with Gasteiger partial charge in [-0.25, -0.2) is 42.5 Å². The molecule has 18 heteroatoms. The molecule has 0 radical (unpaired) electrons. The van der Waals surface area contributed by atoms with Crippen LogP contribution in [0.1, 0.15) is 48.6 Å². The van der Waals surface area contributed by atoms with Crippen molar-refractivity contribution < 1.29 is 42.9 Å². The molecule has 12 rings (SSSR count). The van der Waals surface area contributed by atoms with Crippen molar-refractivity contribution in [3.63, 3.8) is 0 Å². The number of rotatable bonds is 14. The predicted octanol–water partition coefficient (Wildman–Crippen LogP) is 13.3. The van der Waals surface area contributed by atoms with Gasteiger partial charge in [0.2, 0.25) is 0 Å². The van der Waals surface area contributed by atoms with E-state index < -0.39 is 29.5 Å². The number of anilines is 4. The Kier molecular flexibility index (Phi) is 15.7. The van der Waals surface area contributed by atoms with Crippen LogP contribution in [0.25, 0.3) is 65.0 Å². The van der Waals surface area contributed by atoms with Crippen LogP contribution in [-0.4, -0.2) is 76.2 Å². The van der Waals surface area contributed by atoms with E-state index in [1.165, 1.54) is 29.8 Å². The molecule has 0 atom stereocenters. The quantitative estimate of drug-likeness (QED) is 0.0440. The molecule has 6 heterocycles. The standard InChI is InChI=1S/C22H19N3O2.C21H16FN3O2.C19H11F2N3O2/c26-22(27)16-8-9-17-19-14-23-12-10-18(19)21(25-20(17)13-16)24-11-4-7-15-5-2-1-3-6-15;22-15-3-1-2-13(10-15)6-9-24-20-17-7-8-23-12-18(17)16-5-4-14(21(26)27)11-19(16)25-20;20-11-6-12(21)8-13(7-11)23-18-15-3-4-22-9-16(15)14-2-1-10(19(25)26)5-17(14)24-18/h1-3,5-6,8-10,12-14H,4,7,11H2,(H,24,25)(H,26,27);1-5,7-8,10-12H,6,9H2,(H,24,25)(H,26,27);1-9H,(H,23,24)(H,25,26). The topological polar surface area (TPSA) is 225 Å². The first kappa shape index (κ1) is 52.8. The van der Waals surface area contributed by atoms with Crippen molar-refractivity contribution in [1.29, 1.82) is 0 Å². The number of nitrogens with zero attached hydrogens (tertiary/aromatic N) is 6. The number of carbonyl (C=O) groups is 3. The summed E-state index contributed by atoms with van der Waals surface area (Å²) in [6.45, 7) is 1.35. The Morgan fingerprint density at radius 3 is 1.32 bits per heavy atom. The molecule has 0 spiro atoms. The number of carboxylic acids is 3. The van der Waals surface area contributed by atoms with Crippen molar-refractivity contribution in [2.75, 3.05) is 29.0 Å². The maximum absolute atomic E-state index is 13.5. The molecule has 0 aliphatic carbocycles. The van der Waals surface area contributed by atoms with E-state index in [1.54, 1.807) is 91.8 Å². The van der Waals surface area contributed by atoms with E-state index in [4.69, 9.17) is 0 Å². The van der Waals surface area contributed by atoms with Crippen molar-refractivity contribution >= 4 is 106 Å². The van der Waals surface area contributed by atoms with Gasteiger partial charge in [0, 0.05) is 111 Å². The Bertz CT molecular complexity index is 4310. The van der Waals surface area contributed by atoms with Gasteiger partial charge in [-0.3, -0.25) is 15.0 Å². The van der Waals surface area contributed by atoms with Crippen LogP contribution in [0.2, 0.25) is 0 Å². The van der Waals surface area contributed by atoms with Crippen LogP contribution in [0.4, 0.5) is 36.3 Å². The lowest BCUT2D eigenvalue weighted by Gasteiger charge is -2.12. The zero-order valence-corrected chi connectivity index (χ0v) is 42.2. The molecule has 0 bridgehead atoms. The first-order chi connectivity index (χ1) is 38.8. The highest BCUT2D eigenvalue weighted by Gasteiger charge is 2.15. The molecule has 12 aromatic rings.